The highest BCUT2D eigenvalue weighted by molar-refractivity contribution is 6.03. The van der Waals surface area contributed by atoms with Crippen molar-refractivity contribution in [2.75, 3.05) is 5.43 Å². The number of anilines is 1. The third-order valence-electron chi connectivity index (χ3n) is 3.73. The van der Waals surface area contributed by atoms with Crippen LogP contribution in [-0.2, 0) is 0 Å². The first-order valence-corrected chi connectivity index (χ1v) is 7.50. The van der Waals surface area contributed by atoms with E-state index >= 15 is 0 Å². The molecule has 0 atom stereocenters. The molecule has 4 rings (SSSR count). The third kappa shape index (κ3) is 2.65. The number of nitrogens with zero attached hydrogens (tertiary/aromatic N) is 5. The van der Waals surface area contributed by atoms with E-state index in [1.54, 1.807) is 0 Å². The molecular weight excluding hydrogens is 338 g/mol. The summed E-state index contributed by atoms with van der Waals surface area (Å²) in [4.78, 5) is 17.6. The number of hydrogen-bond acceptors (Lipinski definition) is 8. The summed E-state index contributed by atoms with van der Waals surface area (Å²) in [5, 5.41) is 33.6. The smallest absolute Gasteiger partial charge is 0.311 e. The molecule has 4 aromatic rings. The number of phenols is 1. The predicted octanol–water partition coefficient (Wildman–Crippen LogP) is 2.57. The van der Waals surface area contributed by atoms with Crippen molar-refractivity contribution in [1.82, 2.24) is 20.2 Å². The van der Waals surface area contributed by atoms with Crippen LogP contribution in [0, 0.1) is 10.1 Å². The third-order valence-corrected chi connectivity index (χ3v) is 3.73. The van der Waals surface area contributed by atoms with Gasteiger partial charge in [-0.05, 0) is 12.1 Å². The lowest BCUT2D eigenvalue weighted by atomic mass is 10.2. The van der Waals surface area contributed by atoms with Gasteiger partial charge in [0.2, 0.25) is 5.75 Å². The van der Waals surface area contributed by atoms with E-state index in [0.717, 1.165) is 10.9 Å². The van der Waals surface area contributed by atoms with Crippen molar-refractivity contribution in [1.29, 1.82) is 0 Å². The molecular formula is C16H11N7O3. The van der Waals surface area contributed by atoms with Crippen LogP contribution in [-0.4, -0.2) is 36.4 Å². The Bertz CT molecular complexity index is 1170. The largest absolute Gasteiger partial charge is 0.502 e. The van der Waals surface area contributed by atoms with E-state index in [0.29, 0.717) is 11.2 Å². The van der Waals surface area contributed by atoms with Gasteiger partial charge in [-0.2, -0.15) is 10.1 Å². The van der Waals surface area contributed by atoms with Gasteiger partial charge in [-0.15, -0.1) is 10.2 Å². The molecule has 2 heterocycles. The van der Waals surface area contributed by atoms with E-state index in [-0.39, 0.29) is 11.5 Å². The van der Waals surface area contributed by atoms with Crippen molar-refractivity contribution in [2.24, 2.45) is 5.10 Å². The molecule has 0 unspecified atom stereocenters. The summed E-state index contributed by atoms with van der Waals surface area (Å²) in [6, 6.07) is 11.8. The number of hydrazone groups is 1. The molecule has 0 aliphatic rings. The standard InChI is InChI=1S/C16H11N7O3/c24-14-9(4-3-7-12(14)23(25)26)8-17-21-16-19-15-13(20-22-16)10-5-1-2-6-11(10)18-15/h1-8,24H,(H2,18,19,21,22)/b17-8+. The van der Waals surface area contributed by atoms with Crippen LogP contribution in [0.5, 0.6) is 5.75 Å². The SMILES string of the molecule is O=[N+]([O-])c1cccc(/C=N/Nc2nnc3c(n2)[nH]c2ccccc23)c1O. The fourth-order valence-corrected chi connectivity index (χ4v) is 2.53. The lowest BCUT2D eigenvalue weighted by Crippen LogP contribution is -1.99. The Labute approximate surface area is 145 Å². The maximum Gasteiger partial charge on any atom is 0.311 e. The first-order valence-electron chi connectivity index (χ1n) is 7.50. The van der Waals surface area contributed by atoms with Crippen LogP contribution in [0.2, 0.25) is 0 Å². The Hall–Kier alpha value is -4.08. The summed E-state index contributed by atoms with van der Waals surface area (Å²) in [6.45, 7) is 0. The summed E-state index contributed by atoms with van der Waals surface area (Å²) < 4.78 is 0. The predicted molar refractivity (Wildman–Crippen MR) is 95.2 cm³/mol. The van der Waals surface area contributed by atoms with Gasteiger partial charge in [0.25, 0.3) is 5.95 Å². The van der Waals surface area contributed by atoms with E-state index in [2.05, 4.69) is 30.7 Å². The number of para-hydroxylation sites is 2. The van der Waals surface area contributed by atoms with Gasteiger partial charge in [-0.25, -0.2) is 5.43 Å². The van der Waals surface area contributed by atoms with Crippen LogP contribution in [0.15, 0.2) is 47.6 Å². The number of nitro groups is 1. The van der Waals surface area contributed by atoms with Gasteiger partial charge in [0.15, 0.2) is 5.65 Å². The second kappa shape index (κ2) is 6.09. The van der Waals surface area contributed by atoms with Gasteiger partial charge < -0.3 is 10.1 Å². The molecule has 0 saturated carbocycles. The zero-order chi connectivity index (χ0) is 18.1. The Kier molecular flexibility index (Phi) is 3.62. The first-order chi connectivity index (χ1) is 12.6. The summed E-state index contributed by atoms with van der Waals surface area (Å²) in [7, 11) is 0. The molecule has 26 heavy (non-hydrogen) atoms. The van der Waals surface area contributed by atoms with Crippen LogP contribution in [0.4, 0.5) is 11.6 Å². The Morgan fingerprint density at radius 3 is 2.88 bits per heavy atom. The quantitative estimate of drug-likeness (QED) is 0.292. The van der Waals surface area contributed by atoms with Gasteiger partial charge in [0, 0.05) is 22.5 Å². The molecule has 0 bridgehead atoms. The number of aromatic amines is 1. The maximum atomic E-state index is 10.8. The molecule has 0 radical (unpaired) electrons. The lowest BCUT2D eigenvalue weighted by molar-refractivity contribution is -0.385. The van der Waals surface area contributed by atoms with Gasteiger partial charge in [0.1, 0.15) is 5.52 Å². The molecule has 0 fully saturated rings. The summed E-state index contributed by atoms with van der Waals surface area (Å²) in [6.07, 6.45) is 1.24. The molecule has 2 aromatic heterocycles. The highest BCUT2D eigenvalue weighted by Crippen LogP contribution is 2.28. The molecule has 0 amide bonds. The maximum absolute atomic E-state index is 10.8. The number of aromatic hydroxyl groups is 1. The minimum absolute atomic E-state index is 0.144. The molecule has 2 aromatic carbocycles. The van der Waals surface area contributed by atoms with Crippen molar-refractivity contribution in [2.45, 2.75) is 0 Å². The van der Waals surface area contributed by atoms with Crippen molar-refractivity contribution in [3.05, 3.63) is 58.1 Å². The Morgan fingerprint density at radius 2 is 2.04 bits per heavy atom. The molecule has 3 N–H and O–H groups in total. The number of benzene rings is 2. The number of phenolic OH excluding ortho intramolecular Hbond substituents is 1. The van der Waals surface area contributed by atoms with E-state index in [4.69, 9.17) is 0 Å². The van der Waals surface area contributed by atoms with Crippen molar-refractivity contribution in [3.8, 4) is 5.75 Å². The second-order valence-electron chi connectivity index (χ2n) is 5.35. The van der Waals surface area contributed by atoms with Gasteiger partial charge in [-0.1, -0.05) is 24.3 Å². The van der Waals surface area contributed by atoms with Crippen LogP contribution in [0.3, 0.4) is 0 Å². The highest BCUT2D eigenvalue weighted by Gasteiger charge is 2.15. The lowest BCUT2D eigenvalue weighted by Gasteiger charge is -2.00. The summed E-state index contributed by atoms with van der Waals surface area (Å²) in [5.41, 5.74) is 4.47. The number of rotatable bonds is 4. The molecule has 0 aliphatic heterocycles. The number of fused-ring (bicyclic) bond motifs is 3. The molecule has 128 valence electrons. The molecule has 0 spiro atoms. The molecule has 0 aliphatic carbocycles. The topological polar surface area (TPSA) is 142 Å². The summed E-state index contributed by atoms with van der Waals surface area (Å²) >= 11 is 0. The van der Waals surface area contributed by atoms with Crippen LogP contribution in [0.1, 0.15) is 5.56 Å². The Balaban J connectivity index is 1.60. The number of hydrogen-bond donors (Lipinski definition) is 3. The number of nitrogens with one attached hydrogen (secondary N) is 2. The molecule has 0 saturated heterocycles. The zero-order valence-electron chi connectivity index (χ0n) is 13.1. The number of nitro benzene ring substituents is 1. The fraction of sp³-hybridized carbons (Fsp3) is 0. The molecule has 10 nitrogen and oxygen atoms in total. The van der Waals surface area contributed by atoms with E-state index in [1.165, 1.54) is 24.4 Å². The van der Waals surface area contributed by atoms with Crippen molar-refractivity contribution < 1.29 is 10.0 Å². The second-order valence-corrected chi connectivity index (χ2v) is 5.35. The van der Waals surface area contributed by atoms with Crippen LogP contribution in [0.25, 0.3) is 22.1 Å². The van der Waals surface area contributed by atoms with E-state index in [1.807, 2.05) is 24.3 Å². The fourth-order valence-electron chi connectivity index (χ4n) is 2.53. The van der Waals surface area contributed by atoms with Gasteiger partial charge >= 0.3 is 5.69 Å². The summed E-state index contributed by atoms with van der Waals surface area (Å²) in [5.74, 6) is -0.321. The van der Waals surface area contributed by atoms with Gasteiger partial charge in [0.05, 0.1) is 11.1 Å². The van der Waals surface area contributed by atoms with Crippen molar-refractivity contribution in [3.63, 3.8) is 0 Å². The van der Waals surface area contributed by atoms with E-state index < -0.39 is 16.4 Å². The highest BCUT2D eigenvalue weighted by atomic mass is 16.6. The number of H-pyrrole nitrogens is 1. The normalized spacial score (nSPS) is 11.4. The Morgan fingerprint density at radius 1 is 1.19 bits per heavy atom. The number of aromatic nitrogens is 4. The average Bonchev–Trinajstić information content (AvgIpc) is 3.00. The minimum Gasteiger partial charge on any atom is -0.502 e. The van der Waals surface area contributed by atoms with E-state index in [9.17, 15) is 15.2 Å². The molecule has 10 heteroatoms. The minimum atomic E-state index is -0.670. The van der Waals surface area contributed by atoms with Crippen molar-refractivity contribution >= 4 is 39.9 Å². The first kappa shape index (κ1) is 15.4. The van der Waals surface area contributed by atoms with Crippen LogP contribution >= 0.6 is 0 Å². The van der Waals surface area contributed by atoms with Gasteiger partial charge in [-0.3, -0.25) is 10.1 Å². The zero-order valence-corrected chi connectivity index (χ0v) is 13.1. The monoisotopic (exact) mass is 349 g/mol. The average molecular weight is 349 g/mol. The van der Waals surface area contributed by atoms with Crippen LogP contribution < -0.4 is 5.43 Å².